The normalized spacial score (nSPS) is 14.8. The average Bonchev–Trinajstić information content (AvgIpc) is 2.28. The zero-order valence-electron chi connectivity index (χ0n) is 9.17. The molecular formula is C12H13IO4. The first kappa shape index (κ1) is 14.0. The van der Waals surface area contributed by atoms with Gasteiger partial charge in [-0.05, 0) is 40.8 Å². The molecule has 0 heterocycles. The van der Waals surface area contributed by atoms with Crippen molar-refractivity contribution in [2.75, 3.05) is 0 Å². The third kappa shape index (κ3) is 4.01. The summed E-state index contributed by atoms with van der Waals surface area (Å²) in [5, 5.41) is 28.1. The van der Waals surface area contributed by atoms with Crippen LogP contribution in [0.2, 0.25) is 0 Å². The number of aliphatic hydroxyl groups excluding tert-OH is 1. The molecule has 0 spiro atoms. The molecular weight excluding hydrogens is 335 g/mol. The van der Waals surface area contributed by atoms with Gasteiger partial charge >= 0.3 is 5.97 Å². The Balaban J connectivity index is 2.91. The van der Waals surface area contributed by atoms with E-state index in [1.165, 1.54) is 12.1 Å². The van der Waals surface area contributed by atoms with Gasteiger partial charge in [-0.15, -0.1) is 0 Å². The average molecular weight is 348 g/mol. The number of rotatable bonds is 4. The van der Waals surface area contributed by atoms with E-state index in [-0.39, 0.29) is 5.75 Å². The van der Waals surface area contributed by atoms with Crippen LogP contribution in [0.25, 0.3) is 0 Å². The molecule has 0 aliphatic rings. The van der Waals surface area contributed by atoms with Gasteiger partial charge in [-0.25, -0.2) is 4.79 Å². The smallest absolute Gasteiger partial charge is 0.327 e. The first-order valence-corrected chi connectivity index (χ1v) is 6.07. The molecule has 0 aromatic heterocycles. The molecule has 0 amide bonds. The van der Waals surface area contributed by atoms with Crippen LogP contribution >= 0.6 is 22.6 Å². The summed E-state index contributed by atoms with van der Waals surface area (Å²) in [5.74, 6) is -1.44. The molecule has 1 aromatic carbocycles. The largest absolute Gasteiger partial charge is 0.508 e. The molecule has 0 saturated carbocycles. The van der Waals surface area contributed by atoms with Crippen molar-refractivity contribution in [1.29, 1.82) is 0 Å². The maximum atomic E-state index is 10.4. The second-order valence-electron chi connectivity index (χ2n) is 3.70. The quantitative estimate of drug-likeness (QED) is 0.577. The molecule has 0 aliphatic carbocycles. The van der Waals surface area contributed by atoms with Gasteiger partial charge in [0.15, 0.2) is 0 Å². The highest BCUT2D eigenvalue weighted by Gasteiger charge is 2.18. The van der Waals surface area contributed by atoms with Crippen molar-refractivity contribution in [2.24, 2.45) is 5.92 Å². The molecule has 4 nitrogen and oxygen atoms in total. The Labute approximate surface area is 113 Å². The summed E-state index contributed by atoms with van der Waals surface area (Å²) in [4.78, 5) is 10.4. The highest BCUT2D eigenvalue weighted by Crippen LogP contribution is 2.31. The van der Waals surface area contributed by atoms with E-state index in [1.807, 2.05) is 0 Å². The predicted molar refractivity (Wildman–Crippen MR) is 71.7 cm³/mol. The highest BCUT2D eigenvalue weighted by atomic mass is 127. The first-order valence-electron chi connectivity index (χ1n) is 4.99. The van der Waals surface area contributed by atoms with Gasteiger partial charge < -0.3 is 15.3 Å². The second-order valence-corrected chi connectivity index (χ2v) is 4.95. The van der Waals surface area contributed by atoms with Crippen LogP contribution in [0, 0.1) is 9.49 Å². The van der Waals surface area contributed by atoms with Gasteiger partial charge in [0, 0.05) is 21.1 Å². The monoisotopic (exact) mass is 348 g/mol. The van der Waals surface area contributed by atoms with Crippen molar-refractivity contribution in [1.82, 2.24) is 0 Å². The van der Waals surface area contributed by atoms with E-state index in [0.717, 1.165) is 9.65 Å². The van der Waals surface area contributed by atoms with Gasteiger partial charge in [-0.1, -0.05) is 13.0 Å². The third-order valence-electron chi connectivity index (χ3n) is 2.35. The summed E-state index contributed by atoms with van der Waals surface area (Å²) < 4.78 is 0.892. The van der Waals surface area contributed by atoms with Crippen LogP contribution in [0.1, 0.15) is 18.6 Å². The zero-order chi connectivity index (χ0) is 13.0. The Morgan fingerprint density at radius 3 is 2.71 bits per heavy atom. The van der Waals surface area contributed by atoms with Crippen molar-refractivity contribution >= 4 is 28.6 Å². The molecule has 0 aliphatic heterocycles. The zero-order valence-corrected chi connectivity index (χ0v) is 11.3. The van der Waals surface area contributed by atoms with E-state index >= 15 is 0 Å². The number of carboxylic acid groups (broad SMARTS) is 1. The molecule has 1 rings (SSSR count). The Morgan fingerprint density at radius 1 is 1.47 bits per heavy atom. The first-order chi connectivity index (χ1) is 7.91. The van der Waals surface area contributed by atoms with E-state index in [1.54, 1.807) is 19.1 Å². The molecule has 92 valence electrons. The number of hydrogen-bond donors (Lipinski definition) is 3. The number of halogens is 1. The van der Waals surface area contributed by atoms with Gasteiger partial charge in [-0.2, -0.15) is 0 Å². The fraction of sp³-hybridized carbons (Fsp3) is 0.250. The number of phenols is 1. The Hall–Kier alpha value is -1.08. The molecule has 17 heavy (non-hydrogen) atoms. The van der Waals surface area contributed by atoms with Gasteiger partial charge in [0.1, 0.15) is 5.75 Å². The number of benzene rings is 1. The SMILES string of the molecule is C[C@H](/C=C/C(=O)O)[C@@H](O)c1cc(I)ccc1O. The lowest BCUT2D eigenvalue weighted by atomic mass is 9.96. The van der Waals surface area contributed by atoms with Gasteiger partial charge in [-0.3, -0.25) is 0 Å². The van der Waals surface area contributed by atoms with Crippen molar-refractivity contribution < 1.29 is 20.1 Å². The van der Waals surface area contributed by atoms with Gasteiger partial charge in [0.25, 0.3) is 0 Å². The number of phenolic OH excluding ortho intramolecular Hbond substituents is 1. The lowest BCUT2D eigenvalue weighted by molar-refractivity contribution is -0.131. The lowest BCUT2D eigenvalue weighted by Crippen LogP contribution is -2.08. The number of hydrogen-bond acceptors (Lipinski definition) is 3. The highest BCUT2D eigenvalue weighted by molar-refractivity contribution is 14.1. The summed E-state index contributed by atoms with van der Waals surface area (Å²) in [6.07, 6.45) is 1.45. The minimum Gasteiger partial charge on any atom is -0.508 e. The van der Waals surface area contributed by atoms with E-state index in [0.29, 0.717) is 5.56 Å². The Kier molecular flexibility index (Phi) is 4.95. The minimum absolute atomic E-state index is 0.00786. The summed E-state index contributed by atoms with van der Waals surface area (Å²) in [6.45, 7) is 1.68. The van der Waals surface area contributed by atoms with Crippen LogP contribution in [0.5, 0.6) is 5.75 Å². The van der Waals surface area contributed by atoms with E-state index in [4.69, 9.17) is 5.11 Å². The van der Waals surface area contributed by atoms with Crippen LogP contribution in [0.15, 0.2) is 30.4 Å². The Bertz CT molecular complexity index is 442. The minimum atomic E-state index is -1.06. The Morgan fingerprint density at radius 2 is 2.12 bits per heavy atom. The third-order valence-corrected chi connectivity index (χ3v) is 3.02. The van der Waals surface area contributed by atoms with Crippen molar-refractivity contribution in [3.05, 3.63) is 39.5 Å². The molecule has 5 heteroatoms. The van der Waals surface area contributed by atoms with Crippen molar-refractivity contribution in [2.45, 2.75) is 13.0 Å². The summed E-state index contributed by atoms with van der Waals surface area (Å²) >= 11 is 2.08. The fourth-order valence-electron chi connectivity index (χ4n) is 1.38. The number of aliphatic carboxylic acids is 1. The second kappa shape index (κ2) is 6.02. The van der Waals surface area contributed by atoms with Crippen LogP contribution < -0.4 is 0 Å². The standard InChI is InChI=1S/C12H13IO4/c1-7(2-5-11(15)16)12(17)9-6-8(13)3-4-10(9)14/h2-7,12,14,17H,1H3,(H,15,16)/b5-2+/t7-,12-/m1/s1. The van der Waals surface area contributed by atoms with Crippen LogP contribution in [-0.2, 0) is 4.79 Å². The summed E-state index contributed by atoms with van der Waals surface area (Å²) in [5.41, 5.74) is 0.402. The summed E-state index contributed by atoms with van der Waals surface area (Å²) in [6, 6.07) is 4.91. The molecule has 2 atom stereocenters. The molecule has 1 aromatic rings. The predicted octanol–water partition coefficient (Wildman–Crippen LogP) is 2.31. The van der Waals surface area contributed by atoms with Crippen LogP contribution in [0.4, 0.5) is 0 Å². The topological polar surface area (TPSA) is 77.8 Å². The van der Waals surface area contributed by atoms with Crippen molar-refractivity contribution in [3.8, 4) is 5.75 Å². The molecule has 3 N–H and O–H groups in total. The molecule has 0 unspecified atom stereocenters. The number of aromatic hydroxyl groups is 1. The lowest BCUT2D eigenvalue weighted by Gasteiger charge is -2.17. The van der Waals surface area contributed by atoms with E-state index < -0.39 is 18.0 Å². The maximum absolute atomic E-state index is 10.4. The van der Waals surface area contributed by atoms with Crippen LogP contribution in [-0.4, -0.2) is 21.3 Å². The van der Waals surface area contributed by atoms with Crippen molar-refractivity contribution in [3.63, 3.8) is 0 Å². The number of aliphatic hydroxyl groups is 1. The molecule has 0 radical (unpaired) electrons. The molecule has 0 saturated heterocycles. The molecule has 0 bridgehead atoms. The van der Waals surface area contributed by atoms with Gasteiger partial charge in [0.05, 0.1) is 6.10 Å². The van der Waals surface area contributed by atoms with E-state index in [9.17, 15) is 15.0 Å². The van der Waals surface area contributed by atoms with Gasteiger partial charge in [0.2, 0.25) is 0 Å². The summed E-state index contributed by atoms with van der Waals surface area (Å²) in [7, 11) is 0. The van der Waals surface area contributed by atoms with E-state index in [2.05, 4.69) is 22.6 Å². The number of carboxylic acids is 1. The van der Waals surface area contributed by atoms with Crippen LogP contribution in [0.3, 0.4) is 0 Å². The molecule has 0 fully saturated rings. The number of carbonyl (C=O) groups is 1. The maximum Gasteiger partial charge on any atom is 0.327 e. The fourth-order valence-corrected chi connectivity index (χ4v) is 1.90.